The van der Waals surface area contributed by atoms with Crippen LogP contribution in [0.5, 0.6) is 0 Å². The summed E-state index contributed by atoms with van der Waals surface area (Å²) in [6, 6.07) is 14.5. The SMILES string of the molecule is Cc1ccc(-c2c(C(=O)/C=C/c3nc4cc(F)c(F)cc4[nH]3)c(=O)[nH]c3ccc(Cl)cc23)cc1. The third kappa shape index (κ3) is 3.91. The molecule has 5 rings (SSSR count). The summed E-state index contributed by atoms with van der Waals surface area (Å²) in [5, 5.41) is 1.09. The topological polar surface area (TPSA) is 78.6 Å². The second kappa shape index (κ2) is 8.35. The predicted octanol–water partition coefficient (Wildman–Crippen LogP) is 6.21. The molecule has 0 bridgehead atoms. The van der Waals surface area contributed by atoms with Gasteiger partial charge in [0.15, 0.2) is 17.4 Å². The molecule has 0 spiro atoms. The summed E-state index contributed by atoms with van der Waals surface area (Å²) >= 11 is 6.22. The number of hydrogen-bond acceptors (Lipinski definition) is 3. The van der Waals surface area contributed by atoms with Crippen LogP contribution in [0.4, 0.5) is 8.78 Å². The van der Waals surface area contributed by atoms with Gasteiger partial charge in [-0.15, -0.1) is 0 Å². The zero-order chi connectivity index (χ0) is 24.0. The van der Waals surface area contributed by atoms with Gasteiger partial charge in [0.05, 0.1) is 16.6 Å². The molecule has 168 valence electrons. The molecule has 0 saturated heterocycles. The van der Waals surface area contributed by atoms with Crippen molar-refractivity contribution >= 4 is 45.4 Å². The number of H-pyrrole nitrogens is 2. The highest BCUT2D eigenvalue weighted by atomic mass is 35.5. The molecule has 0 fully saturated rings. The van der Waals surface area contributed by atoms with Gasteiger partial charge < -0.3 is 9.97 Å². The lowest BCUT2D eigenvalue weighted by Gasteiger charge is -2.12. The number of pyridine rings is 1. The van der Waals surface area contributed by atoms with Gasteiger partial charge in [0.2, 0.25) is 0 Å². The molecule has 2 heterocycles. The van der Waals surface area contributed by atoms with Crippen LogP contribution in [0.1, 0.15) is 21.7 Å². The number of nitrogens with one attached hydrogen (secondary N) is 2. The summed E-state index contributed by atoms with van der Waals surface area (Å²) in [5.41, 5.74) is 2.62. The van der Waals surface area contributed by atoms with Crippen molar-refractivity contribution in [3.8, 4) is 11.1 Å². The summed E-state index contributed by atoms with van der Waals surface area (Å²) in [6.45, 7) is 1.94. The Labute approximate surface area is 196 Å². The molecule has 0 unspecified atom stereocenters. The highest BCUT2D eigenvalue weighted by Crippen LogP contribution is 2.32. The van der Waals surface area contributed by atoms with Crippen LogP contribution in [-0.4, -0.2) is 20.7 Å². The lowest BCUT2D eigenvalue weighted by atomic mass is 9.93. The Morgan fingerprint density at radius 3 is 2.47 bits per heavy atom. The molecule has 5 nitrogen and oxygen atoms in total. The summed E-state index contributed by atoms with van der Waals surface area (Å²) in [6.07, 6.45) is 2.56. The van der Waals surface area contributed by atoms with Crippen molar-refractivity contribution in [3.05, 3.63) is 105 Å². The molecule has 8 heteroatoms. The van der Waals surface area contributed by atoms with Crippen molar-refractivity contribution in [1.29, 1.82) is 0 Å². The van der Waals surface area contributed by atoms with Gasteiger partial charge in [-0.1, -0.05) is 41.4 Å². The Morgan fingerprint density at radius 1 is 0.971 bits per heavy atom. The normalized spacial score (nSPS) is 11.6. The van der Waals surface area contributed by atoms with Gasteiger partial charge in [-0.2, -0.15) is 0 Å². The first-order valence-electron chi connectivity index (χ1n) is 10.3. The maximum absolute atomic E-state index is 13.5. The van der Waals surface area contributed by atoms with Crippen LogP contribution in [0.15, 0.2) is 65.5 Å². The quantitative estimate of drug-likeness (QED) is 0.240. The van der Waals surface area contributed by atoms with Gasteiger partial charge >= 0.3 is 0 Å². The zero-order valence-corrected chi connectivity index (χ0v) is 18.5. The van der Waals surface area contributed by atoms with Gasteiger partial charge in [-0.05, 0) is 42.8 Å². The summed E-state index contributed by atoms with van der Waals surface area (Å²) in [7, 11) is 0. The van der Waals surface area contributed by atoms with E-state index in [1.54, 1.807) is 18.2 Å². The molecule has 0 atom stereocenters. The third-order valence-electron chi connectivity index (χ3n) is 5.50. The van der Waals surface area contributed by atoms with Crippen molar-refractivity contribution in [2.45, 2.75) is 6.92 Å². The first kappa shape index (κ1) is 21.7. The minimum absolute atomic E-state index is 0.0527. The number of aryl methyl sites for hydroxylation is 1. The second-order valence-electron chi connectivity index (χ2n) is 7.86. The Morgan fingerprint density at radius 2 is 1.71 bits per heavy atom. The fraction of sp³-hybridized carbons (Fsp3) is 0.0385. The van der Waals surface area contributed by atoms with Gasteiger partial charge in [0.1, 0.15) is 5.82 Å². The van der Waals surface area contributed by atoms with E-state index in [0.29, 0.717) is 27.1 Å². The smallest absolute Gasteiger partial charge is 0.260 e. The number of benzene rings is 3. The van der Waals surface area contributed by atoms with Gasteiger partial charge in [-0.3, -0.25) is 9.59 Å². The number of carbonyl (C=O) groups is 1. The number of aromatic amines is 2. The Bertz CT molecular complexity index is 1650. The number of carbonyl (C=O) groups excluding carboxylic acids is 1. The van der Waals surface area contributed by atoms with E-state index < -0.39 is 23.0 Å². The molecule has 0 saturated carbocycles. The standard InChI is InChI=1S/C26H16ClF2N3O2/c1-13-2-4-14(5-3-13)24-16-10-15(27)6-7-19(16)32-26(34)25(24)22(33)8-9-23-30-20-11-17(28)18(29)12-21(20)31-23/h2-12H,1H3,(H,30,31)(H,32,34)/b9-8+. The first-order valence-corrected chi connectivity index (χ1v) is 10.7. The molecular weight excluding hydrogens is 460 g/mol. The summed E-state index contributed by atoms with van der Waals surface area (Å²) in [4.78, 5) is 36.0. The zero-order valence-electron chi connectivity index (χ0n) is 17.7. The van der Waals surface area contributed by atoms with Crippen LogP contribution in [-0.2, 0) is 0 Å². The molecule has 0 aliphatic carbocycles. The number of aromatic nitrogens is 3. The van der Waals surface area contributed by atoms with Crippen LogP contribution in [0.3, 0.4) is 0 Å². The lowest BCUT2D eigenvalue weighted by Crippen LogP contribution is -2.18. The molecule has 5 aromatic rings. The largest absolute Gasteiger partial charge is 0.338 e. The molecule has 0 aliphatic rings. The number of allylic oxidation sites excluding steroid dienone is 1. The number of ketones is 1. The van der Waals surface area contributed by atoms with E-state index in [-0.39, 0.29) is 22.4 Å². The molecule has 0 radical (unpaired) electrons. The highest BCUT2D eigenvalue weighted by Gasteiger charge is 2.20. The Kier molecular flexibility index (Phi) is 5.34. The number of imidazole rings is 1. The monoisotopic (exact) mass is 475 g/mol. The molecule has 2 N–H and O–H groups in total. The Hall–Kier alpha value is -4.10. The van der Waals surface area contributed by atoms with Crippen molar-refractivity contribution < 1.29 is 13.6 Å². The van der Waals surface area contributed by atoms with Crippen LogP contribution in [0.2, 0.25) is 5.02 Å². The van der Waals surface area contributed by atoms with Crippen LogP contribution in [0.25, 0.3) is 39.1 Å². The van der Waals surface area contributed by atoms with Crippen molar-refractivity contribution in [3.63, 3.8) is 0 Å². The molecule has 0 aliphatic heterocycles. The van der Waals surface area contributed by atoms with E-state index in [2.05, 4.69) is 15.0 Å². The average Bonchev–Trinajstić information content (AvgIpc) is 3.19. The lowest BCUT2D eigenvalue weighted by molar-refractivity contribution is 0.104. The minimum Gasteiger partial charge on any atom is -0.338 e. The third-order valence-corrected chi connectivity index (χ3v) is 5.73. The maximum atomic E-state index is 13.5. The van der Waals surface area contributed by atoms with E-state index in [9.17, 15) is 18.4 Å². The number of nitrogens with zero attached hydrogens (tertiary/aromatic N) is 1. The highest BCUT2D eigenvalue weighted by molar-refractivity contribution is 6.31. The average molecular weight is 476 g/mol. The van der Waals surface area contributed by atoms with Crippen LogP contribution < -0.4 is 5.56 Å². The second-order valence-corrected chi connectivity index (χ2v) is 8.30. The minimum atomic E-state index is -1.02. The molecule has 3 aromatic carbocycles. The van der Waals surface area contributed by atoms with Crippen molar-refractivity contribution in [1.82, 2.24) is 15.0 Å². The number of fused-ring (bicyclic) bond motifs is 2. The molecular formula is C26H16ClF2N3O2. The van der Waals surface area contributed by atoms with Gasteiger partial charge in [0.25, 0.3) is 5.56 Å². The first-order chi connectivity index (χ1) is 16.3. The Balaban J connectivity index is 1.64. The number of rotatable bonds is 4. The van der Waals surface area contributed by atoms with Gasteiger partial charge in [-0.25, -0.2) is 13.8 Å². The van der Waals surface area contributed by atoms with Crippen molar-refractivity contribution in [2.24, 2.45) is 0 Å². The summed E-state index contributed by atoms with van der Waals surface area (Å²) < 4.78 is 27.0. The fourth-order valence-corrected chi connectivity index (χ4v) is 4.03. The van der Waals surface area contributed by atoms with Gasteiger partial charge in [0, 0.05) is 33.6 Å². The fourth-order valence-electron chi connectivity index (χ4n) is 3.86. The summed E-state index contributed by atoms with van der Waals surface area (Å²) in [5.74, 6) is -2.37. The predicted molar refractivity (Wildman–Crippen MR) is 129 cm³/mol. The molecule has 0 amide bonds. The molecule has 2 aromatic heterocycles. The van der Waals surface area contributed by atoms with E-state index in [1.807, 2.05) is 31.2 Å². The van der Waals surface area contributed by atoms with Crippen LogP contribution >= 0.6 is 11.6 Å². The van der Waals surface area contributed by atoms with E-state index >= 15 is 0 Å². The van der Waals surface area contributed by atoms with Crippen LogP contribution in [0, 0.1) is 18.6 Å². The molecule has 34 heavy (non-hydrogen) atoms. The maximum Gasteiger partial charge on any atom is 0.260 e. The van der Waals surface area contributed by atoms with Crippen molar-refractivity contribution in [2.75, 3.05) is 0 Å². The van der Waals surface area contributed by atoms with E-state index in [1.165, 1.54) is 12.2 Å². The number of halogens is 3. The van der Waals surface area contributed by atoms with E-state index in [0.717, 1.165) is 17.7 Å². The number of hydrogen-bond donors (Lipinski definition) is 2. The van der Waals surface area contributed by atoms with E-state index in [4.69, 9.17) is 11.6 Å².